The number of amides is 3. The van der Waals surface area contributed by atoms with Gasteiger partial charge in [-0.2, -0.15) is 0 Å². The number of unbranched alkanes of at least 4 members (excludes halogenated alkanes) is 1. The number of carbonyl (C=O) groups is 4. The van der Waals surface area contributed by atoms with E-state index in [2.05, 4.69) is 20.9 Å². The summed E-state index contributed by atoms with van der Waals surface area (Å²) in [5, 5.41) is 27.2. The molecule has 10 N–H and O–H groups in total. The molecule has 1 heterocycles. The molecule has 3 amide bonds. The number of nitrogens with two attached hydrogens (primary N) is 2. The zero-order valence-corrected chi connectivity index (χ0v) is 21.9. The number of aromatic amines is 1. The quantitative estimate of drug-likeness (QED) is 0.135. The average molecular weight is 533 g/mol. The third kappa shape index (κ3) is 8.54. The molecule has 0 aliphatic rings. The molecule has 0 bridgehead atoms. The molecule has 12 nitrogen and oxygen atoms in total. The number of hydrogen-bond acceptors (Lipinski definition) is 7. The monoisotopic (exact) mass is 532 g/mol. The van der Waals surface area contributed by atoms with Crippen molar-refractivity contribution >= 4 is 34.6 Å². The number of hydrogen-bond donors (Lipinski definition) is 8. The lowest BCUT2D eigenvalue weighted by molar-refractivity contribution is -0.143. The van der Waals surface area contributed by atoms with Crippen LogP contribution in [0.5, 0.6) is 0 Å². The van der Waals surface area contributed by atoms with E-state index in [1.165, 1.54) is 0 Å². The highest BCUT2D eigenvalue weighted by molar-refractivity contribution is 5.95. The first kappa shape index (κ1) is 30.7. The summed E-state index contributed by atoms with van der Waals surface area (Å²) < 4.78 is 0. The van der Waals surface area contributed by atoms with E-state index in [0.29, 0.717) is 25.8 Å². The number of rotatable bonds is 16. The van der Waals surface area contributed by atoms with Crippen LogP contribution in [0.2, 0.25) is 0 Å². The van der Waals surface area contributed by atoms with Gasteiger partial charge in [0.15, 0.2) is 0 Å². The van der Waals surface area contributed by atoms with Crippen LogP contribution in [0.3, 0.4) is 0 Å². The number of benzene rings is 1. The maximum Gasteiger partial charge on any atom is 0.328 e. The van der Waals surface area contributed by atoms with Crippen molar-refractivity contribution in [3.05, 3.63) is 36.0 Å². The molecule has 2 aromatic rings. The van der Waals surface area contributed by atoms with Crippen molar-refractivity contribution in [1.82, 2.24) is 20.9 Å². The predicted molar refractivity (Wildman–Crippen MR) is 143 cm³/mol. The van der Waals surface area contributed by atoms with E-state index in [9.17, 15) is 29.4 Å². The lowest BCUT2D eigenvalue weighted by Gasteiger charge is -2.28. The molecule has 5 atom stereocenters. The molecule has 1 aromatic heterocycles. The van der Waals surface area contributed by atoms with Gasteiger partial charge in [-0.15, -0.1) is 0 Å². The molecule has 2 rings (SSSR count). The van der Waals surface area contributed by atoms with Gasteiger partial charge in [0.05, 0.1) is 12.6 Å². The molecular formula is C26H40N6O6. The van der Waals surface area contributed by atoms with Crippen LogP contribution in [0.15, 0.2) is 30.5 Å². The largest absolute Gasteiger partial charge is 0.480 e. The fourth-order valence-electron chi connectivity index (χ4n) is 4.05. The van der Waals surface area contributed by atoms with Gasteiger partial charge in [-0.25, -0.2) is 4.79 Å². The summed E-state index contributed by atoms with van der Waals surface area (Å²) in [6, 6.07) is 2.91. The van der Waals surface area contributed by atoms with E-state index >= 15 is 0 Å². The van der Waals surface area contributed by atoms with Crippen molar-refractivity contribution in [2.45, 2.75) is 70.1 Å². The molecule has 210 valence electrons. The number of aromatic nitrogens is 1. The topological polar surface area (TPSA) is 213 Å². The highest BCUT2D eigenvalue weighted by Gasteiger charge is 2.32. The Bertz CT molecular complexity index is 1090. The summed E-state index contributed by atoms with van der Waals surface area (Å²) >= 11 is 0. The number of fused-ring (bicyclic) bond motifs is 1. The van der Waals surface area contributed by atoms with E-state index in [1.807, 2.05) is 31.2 Å². The minimum absolute atomic E-state index is 0.0408. The van der Waals surface area contributed by atoms with Gasteiger partial charge in [0.25, 0.3) is 0 Å². The Morgan fingerprint density at radius 3 is 2.32 bits per heavy atom. The number of para-hydroxylation sites is 1. The van der Waals surface area contributed by atoms with Gasteiger partial charge in [-0.1, -0.05) is 44.9 Å². The number of H-pyrrole nitrogens is 1. The van der Waals surface area contributed by atoms with Crippen LogP contribution < -0.4 is 27.4 Å². The second-order valence-electron chi connectivity index (χ2n) is 9.47. The number of nitrogens with one attached hydrogen (secondary N) is 4. The zero-order valence-electron chi connectivity index (χ0n) is 21.9. The molecular weight excluding hydrogens is 492 g/mol. The van der Waals surface area contributed by atoms with Gasteiger partial charge in [0.1, 0.15) is 18.1 Å². The summed E-state index contributed by atoms with van der Waals surface area (Å²) in [4.78, 5) is 53.8. The third-order valence-electron chi connectivity index (χ3n) is 6.63. The second-order valence-corrected chi connectivity index (χ2v) is 9.47. The van der Waals surface area contributed by atoms with E-state index in [-0.39, 0.29) is 12.3 Å². The Morgan fingerprint density at radius 2 is 1.68 bits per heavy atom. The summed E-state index contributed by atoms with van der Waals surface area (Å²) in [5.41, 5.74) is 13.1. The smallest absolute Gasteiger partial charge is 0.328 e. The molecule has 5 unspecified atom stereocenters. The van der Waals surface area contributed by atoms with Crippen molar-refractivity contribution in [3.63, 3.8) is 0 Å². The second kappa shape index (κ2) is 15.1. The van der Waals surface area contributed by atoms with Crippen LogP contribution in [0, 0.1) is 5.92 Å². The number of carbonyl (C=O) groups excluding carboxylic acids is 3. The molecule has 1 aromatic carbocycles. The molecule has 0 aliphatic heterocycles. The SMILES string of the molecule is CCC(C)C(NC(=O)C(N)CCCCN)C(=O)NC(Cc1c[nH]c2ccccc12)C(=O)NC(CO)C(=O)O. The Kier molecular flexibility index (Phi) is 12.2. The lowest BCUT2D eigenvalue weighted by Crippen LogP contribution is -2.59. The zero-order chi connectivity index (χ0) is 28.2. The number of aliphatic carboxylic acids is 1. The van der Waals surface area contributed by atoms with Crippen LogP contribution >= 0.6 is 0 Å². The maximum absolute atomic E-state index is 13.4. The highest BCUT2D eigenvalue weighted by atomic mass is 16.4. The number of carboxylic acid groups (broad SMARTS) is 1. The summed E-state index contributed by atoms with van der Waals surface area (Å²) in [6.45, 7) is 3.34. The molecule has 0 radical (unpaired) electrons. The Morgan fingerprint density at radius 1 is 1.00 bits per heavy atom. The normalized spacial score (nSPS) is 15.2. The fourth-order valence-corrected chi connectivity index (χ4v) is 4.05. The van der Waals surface area contributed by atoms with Crippen LogP contribution in [0.4, 0.5) is 0 Å². The fraction of sp³-hybridized carbons (Fsp3) is 0.538. The molecule has 0 saturated heterocycles. The first-order chi connectivity index (χ1) is 18.1. The minimum atomic E-state index is -1.54. The van der Waals surface area contributed by atoms with Crippen molar-refractivity contribution in [2.24, 2.45) is 17.4 Å². The molecule has 0 aliphatic carbocycles. The molecule has 0 fully saturated rings. The van der Waals surface area contributed by atoms with E-state index in [4.69, 9.17) is 11.5 Å². The van der Waals surface area contributed by atoms with E-state index in [1.54, 1.807) is 13.1 Å². The number of aliphatic hydroxyl groups excluding tert-OH is 1. The van der Waals surface area contributed by atoms with Crippen LogP contribution in [0.25, 0.3) is 10.9 Å². The van der Waals surface area contributed by atoms with Gasteiger partial charge in [0.2, 0.25) is 17.7 Å². The van der Waals surface area contributed by atoms with Gasteiger partial charge in [0, 0.05) is 23.5 Å². The van der Waals surface area contributed by atoms with Gasteiger partial charge < -0.3 is 42.6 Å². The third-order valence-corrected chi connectivity index (χ3v) is 6.63. The number of aliphatic hydroxyl groups is 1. The van der Waals surface area contributed by atoms with Crippen molar-refractivity contribution in [1.29, 1.82) is 0 Å². The maximum atomic E-state index is 13.4. The average Bonchev–Trinajstić information content (AvgIpc) is 3.31. The molecule has 0 spiro atoms. The molecule has 38 heavy (non-hydrogen) atoms. The van der Waals surface area contributed by atoms with Gasteiger partial charge in [-0.05, 0) is 36.9 Å². The van der Waals surface area contributed by atoms with E-state index < -0.39 is 54.5 Å². The Hall–Kier alpha value is -3.48. The summed E-state index contributed by atoms with van der Waals surface area (Å²) in [6.07, 6.45) is 4.14. The number of carboxylic acids is 1. The van der Waals surface area contributed by atoms with Crippen molar-refractivity contribution in [3.8, 4) is 0 Å². The Balaban J connectivity index is 2.27. The molecule has 12 heteroatoms. The standard InChI is InChI=1S/C26H40N6O6/c1-3-15(2)22(32-23(34)18(28)9-6-7-11-27)25(36)30-20(24(35)31-21(14-33)26(37)38)12-16-13-29-19-10-5-4-8-17(16)19/h4-5,8,10,13,15,18,20-22,29,33H,3,6-7,9,11-12,14,27-28H2,1-2H3,(H,30,36)(H,31,35)(H,32,34)(H,37,38). The van der Waals surface area contributed by atoms with Crippen molar-refractivity contribution in [2.75, 3.05) is 13.2 Å². The Labute approximate surface area is 221 Å². The van der Waals surface area contributed by atoms with Crippen molar-refractivity contribution < 1.29 is 29.4 Å². The van der Waals surface area contributed by atoms with Crippen LogP contribution in [-0.2, 0) is 25.6 Å². The first-order valence-electron chi connectivity index (χ1n) is 12.9. The first-order valence-corrected chi connectivity index (χ1v) is 12.9. The minimum Gasteiger partial charge on any atom is -0.480 e. The van der Waals surface area contributed by atoms with Crippen LogP contribution in [-0.4, -0.2) is 76.2 Å². The summed E-state index contributed by atoms with van der Waals surface area (Å²) in [5.74, 6) is -3.55. The molecule has 0 saturated carbocycles. The van der Waals surface area contributed by atoms with Gasteiger partial charge >= 0.3 is 5.97 Å². The lowest BCUT2D eigenvalue weighted by atomic mass is 9.96. The van der Waals surface area contributed by atoms with Gasteiger partial charge in [-0.3, -0.25) is 14.4 Å². The predicted octanol–water partition coefficient (Wildman–Crippen LogP) is -0.256. The van der Waals surface area contributed by atoms with E-state index in [0.717, 1.165) is 22.9 Å². The summed E-state index contributed by atoms with van der Waals surface area (Å²) in [7, 11) is 0. The highest BCUT2D eigenvalue weighted by Crippen LogP contribution is 2.19. The van der Waals surface area contributed by atoms with Crippen LogP contribution in [0.1, 0.15) is 45.1 Å².